The molecule has 0 spiro atoms. The minimum Gasteiger partial charge on any atom is -0.381 e. The summed E-state index contributed by atoms with van der Waals surface area (Å²) in [6.45, 7) is 2.67. The molecule has 2 heterocycles. The molecule has 0 bridgehead atoms. The number of hydrogen-bond acceptors (Lipinski definition) is 2. The summed E-state index contributed by atoms with van der Waals surface area (Å²) in [6, 6.07) is 10.4. The third-order valence-corrected chi connectivity index (χ3v) is 5.26. The Hall–Kier alpha value is -1.13. The lowest BCUT2D eigenvalue weighted by Crippen LogP contribution is -2.35. The Morgan fingerprint density at radius 2 is 1.90 bits per heavy atom. The average Bonchev–Trinajstić information content (AvgIpc) is 2.97. The Kier molecular flexibility index (Phi) is 4.22. The Morgan fingerprint density at radius 3 is 2.60 bits per heavy atom. The molecule has 106 valence electrons. The van der Waals surface area contributed by atoms with Gasteiger partial charge < -0.3 is 4.74 Å². The number of rotatable bonds is 4. The number of benzene rings is 1. The van der Waals surface area contributed by atoms with Crippen molar-refractivity contribution in [3.63, 3.8) is 0 Å². The molecule has 2 aromatic rings. The minimum atomic E-state index is 0.276. The molecule has 1 saturated heterocycles. The molecule has 0 atom stereocenters. The largest absolute Gasteiger partial charge is 0.381 e. The van der Waals surface area contributed by atoms with E-state index in [1.807, 2.05) is 12.3 Å². The number of alkyl halides is 1. The van der Waals surface area contributed by atoms with Gasteiger partial charge >= 0.3 is 0 Å². The van der Waals surface area contributed by atoms with Gasteiger partial charge in [0.1, 0.15) is 0 Å². The first-order valence-electron chi connectivity index (χ1n) is 7.03. The fraction of sp³-hybridized carbons (Fsp3) is 0.438. The average molecular weight is 335 g/mol. The standard InChI is InChI=1S/C16H19BrN2O/c17-12-16(6-8-20-9-7-16)13-19-11-15(10-18-19)14-4-2-1-3-5-14/h1-5,10-11H,6-9,12-13H2. The molecule has 20 heavy (non-hydrogen) atoms. The van der Waals surface area contributed by atoms with Gasteiger partial charge in [-0.1, -0.05) is 46.3 Å². The van der Waals surface area contributed by atoms with Crippen molar-refractivity contribution in [3.8, 4) is 11.1 Å². The highest BCUT2D eigenvalue weighted by atomic mass is 79.9. The summed E-state index contributed by atoms with van der Waals surface area (Å²) in [6.07, 6.45) is 6.29. The molecule has 1 fully saturated rings. The van der Waals surface area contributed by atoms with E-state index in [0.717, 1.165) is 37.9 Å². The Labute approximate surface area is 128 Å². The van der Waals surface area contributed by atoms with Crippen LogP contribution in [0.1, 0.15) is 12.8 Å². The number of hydrogen-bond donors (Lipinski definition) is 0. The van der Waals surface area contributed by atoms with Gasteiger partial charge in [-0.3, -0.25) is 4.68 Å². The highest BCUT2D eigenvalue weighted by Gasteiger charge is 2.32. The summed E-state index contributed by atoms with van der Waals surface area (Å²) >= 11 is 3.68. The summed E-state index contributed by atoms with van der Waals surface area (Å²) in [5.41, 5.74) is 2.68. The molecule has 3 rings (SSSR count). The second kappa shape index (κ2) is 6.10. The second-order valence-corrected chi connectivity index (χ2v) is 6.10. The SMILES string of the molecule is BrCC1(Cn2cc(-c3ccccc3)cn2)CCOCC1. The quantitative estimate of drug-likeness (QED) is 0.796. The highest BCUT2D eigenvalue weighted by Crippen LogP contribution is 2.34. The van der Waals surface area contributed by atoms with Crippen molar-refractivity contribution in [3.05, 3.63) is 42.7 Å². The highest BCUT2D eigenvalue weighted by molar-refractivity contribution is 9.09. The zero-order valence-corrected chi connectivity index (χ0v) is 13.1. The van der Waals surface area contributed by atoms with Crippen molar-refractivity contribution in [2.45, 2.75) is 19.4 Å². The maximum Gasteiger partial charge on any atom is 0.0568 e. The summed E-state index contributed by atoms with van der Waals surface area (Å²) in [7, 11) is 0. The van der Waals surface area contributed by atoms with Crippen LogP contribution in [0.25, 0.3) is 11.1 Å². The first-order valence-corrected chi connectivity index (χ1v) is 8.15. The molecule has 1 aromatic carbocycles. The molecular weight excluding hydrogens is 316 g/mol. The van der Waals surface area contributed by atoms with Crippen molar-refractivity contribution in [1.29, 1.82) is 0 Å². The summed E-state index contributed by atoms with van der Waals surface area (Å²) < 4.78 is 7.57. The van der Waals surface area contributed by atoms with Crippen LogP contribution in [0.4, 0.5) is 0 Å². The normalized spacial score (nSPS) is 18.1. The number of ether oxygens (including phenoxy) is 1. The Morgan fingerprint density at radius 1 is 1.15 bits per heavy atom. The van der Waals surface area contributed by atoms with Crippen LogP contribution in [0.3, 0.4) is 0 Å². The number of nitrogens with zero attached hydrogens (tertiary/aromatic N) is 2. The molecule has 0 unspecified atom stereocenters. The van der Waals surface area contributed by atoms with Gasteiger partial charge in [0.15, 0.2) is 0 Å². The van der Waals surface area contributed by atoms with Crippen LogP contribution in [0, 0.1) is 5.41 Å². The molecule has 0 aliphatic carbocycles. The van der Waals surface area contributed by atoms with Crippen LogP contribution in [0.15, 0.2) is 42.7 Å². The van der Waals surface area contributed by atoms with Crippen molar-refractivity contribution in [2.75, 3.05) is 18.5 Å². The number of aromatic nitrogens is 2. The zero-order chi connectivity index (χ0) is 13.8. The molecule has 3 nitrogen and oxygen atoms in total. The smallest absolute Gasteiger partial charge is 0.0568 e. The van der Waals surface area contributed by atoms with Gasteiger partial charge in [0.2, 0.25) is 0 Å². The predicted molar refractivity (Wildman–Crippen MR) is 83.9 cm³/mol. The van der Waals surface area contributed by atoms with Crippen LogP contribution >= 0.6 is 15.9 Å². The Balaban J connectivity index is 1.77. The molecule has 0 N–H and O–H groups in total. The van der Waals surface area contributed by atoms with Crippen LogP contribution in [0.5, 0.6) is 0 Å². The van der Waals surface area contributed by atoms with Crippen molar-refractivity contribution >= 4 is 15.9 Å². The van der Waals surface area contributed by atoms with E-state index in [9.17, 15) is 0 Å². The van der Waals surface area contributed by atoms with Crippen molar-refractivity contribution in [1.82, 2.24) is 9.78 Å². The molecule has 0 amide bonds. The van der Waals surface area contributed by atoms with E-state index in [1.165, 1.54) is 11.1 Å². The van der Waals surface area contributed by atoms with E-state index in [-0.39, 0.29) is 5.41 Å². The second-order valence-electron chi connectivity index (χ2n) is 5.54. The number of halogens is 1. The summed E-state index contributed by atoms with van der Waals surface area (Å²) in [5, 5.41) is 5.54. The van der Waals surface area contributed by atoms with Gasteiger partial charge in [0.05, 0.1) is 6.20 Å². The van der Waals surface area contributed by atoms with Crippen LogP contribution in [-0.4, -0.2) is 28.3 Å². The Bertz CT molecular complexity index is 547. The lowest BCUT2D eigenvalue weighted by Gasteiger charge is -2.35. The van der Waals surface area contributed by atoms with Crippen LogP contribution in [0.2, 0.25) is 0 Å². The third kappa shape index (κ3) is 2.96. The fourth-order valence-corrected chi connectivity index (χ4v) is 3.45. The van der Waals surface area contributed by atoms with Crippen molar-refractivity contribution < 1.29 is 4.74 Å². The minimum absolute atomic E-state index is 0.276. The molecule has 1 aliphatic rings. The molecular formula is C16H19BrN2O. The monoisotopic (exact) mass is 334 g/mol. The van der Waals surface area contributed by atoms with Gasteiger partial charge in [0.25, 0.3) is 0 Å². The first-order chi connectivity index (χ1) is 9.81. The predicted octanol–water partition coefficient (Wildman–Crippen LogP) is 3.74. The molecule has 0 radical (unpaired) electrons. The van der Waals surface area contributed by atoms with Crippen LogP contribution < -0.4 is 0 Å². The van der Waals surface area contributed by atoms with E-state index < -0.39 is 0 Å². The van der Waals surface area contributed by atoms with Gasteiger partial charge in [-0.15, -0.1) is 0 Å². The van der Waals surface area contributed by atoms with E-state index in [0.29, 0.717) is 0 Å². The summed E-state index contributed by atoms with van der Waals surface area (Å²) in [5.74, 6) is 0. The lowest BCUT2D eigenvalue weighted by atomic mass is 9.82. The topological polar surface area (TPSA) is 27.1 Å². The maximum atomic E-state index is 5.49. The summed E-state index contributed by atoms with van der Waals surface area (Å²) in [4.78, 5) is 0. The lowest BCUT2D eigenvalue weighted by molar-refractivity contribution is 0.0170. The van der Waals surface area contributed by atoms with E-state index in [1.54, 1.807) is 0 Å². The van der Waals surface area contributed by atoms with Crippen LogP contribution in [-0.2, 0) is 11.3 Å². The maximum absolute atomic E-state index is 5.49. The van der Waals surface area contributed by atoms with Gasteiger partial charge in [-0.05, 0) is 18.4 Å². The molecule has 1 aromatic heterocycles. The zero-order valence-electron chi connectivity index (χ0n) is 11.5. The van der Waals surface area contributed by atoms with E-state index >= 15 is 0 Å². The van der Waals surface area contributed by atoms with Gasteiger partial charge in [0, 0.05) is 42.3 Å². The van der Waals surface area contributed by atoms with Gasteiger partial charge in [-0.25, -0.2) is 0 Å². The van der Waals surface area contributed by atoms with E-state index in [4.69, 9.17) is 4.74 Å². The first kappa shape index (κ1) is 13.8. The molecule has 1 aliphatic heterocycles. The molecule has 4 heteroatoms. The van der Waals surface area contributed by atoms with Gasteiger partial charge in [-0.2, -0.15) is 5.10 Å². The van der Waals surface area contributed by atoms with E-state index in [2.05, 4.69) is 56.2 Å². The third-order valence-electron chi connectivity index (χ3n) is 4.07. The van der Waals surface area contributed by atoms with Crippen molar-refractivity contribution in [2.24, 2.45) is 5.41 Å². The fourth-order valence-electron chi connectivity index (χ4n) is 2.71. The molecule has 0 saturated carbocycles.